The lowest BCUT2D eigenvalue weighted by atomic mass is 10.1. The number of anilines is 1. The molecular formula is C17H13N3O2. The molecule has 3 aromatic carbocycles. The number of carboxylic acids is 1. The zero-order valence-corrected chi connectivity index (χ0v) is 11.6. The normalized spacial score (nSPS) is 10.9. The van der Waals surface area contributed by atoms with Crippen LogP contribution >= 0.6 is 0 Å². The molecule has 0 bridgehead atoms. The maximum Gasteiger partial charge on any atom is 0.337 e. The largest absolute Gasteiger partial charge is 0.478 e. The molecule has 5 heteroatoms. The Morgan fingerprint density at radius 1 is 0.909 bits per heavy atom. The molecule has 0 heterocycles. The highest BCUT2D eigenvalue weighted by Crippen LogP contribution is 2.21. The van der Waals surface area contributed by atoms with Gasteiger partial charge in [-0.25, -0.2) is 4.79 Å². The summed E-state index contributed by atoms with van der Waals surface area (Å²) < 4.78 is 0. The summed E-state index contributed by atoms with van der Waals surface area (Å²) in [6, 6.07) is 20.3. The Kier molecular flexibility index (Phi) is 3.78. The second-order valence-corrected chi connectivity index (χ2v) is 4.70. The first-order valence-corrected chi connectivity index (χ1v) is 6.72. The zero-order valence-electron chi connectivity index (χ0n) is 11.6. The molecule has 0 aromatic heterocycles. The number of aromatic carboxylic acids is 1. The maximum atomic E-state index is 11.1. The highest BCUT2D eigenvalue weighted by Gasteiger charge is 2.07. The lowest BCUT2D eigenvalue weighted by molar-refractivity contribution is 0.0698. The molecule has 108 valence electrons. The average Bonchev–Trinajstić information content (AvgIpc) is 2.55. The number of hydrogen-bond acceptors (Lipinski definition) is 3. The van der Waals surface area contributed by atoms with Gasteiger partial charge in [-0.2, -0.15) is 0 Å². The molecule has 5 nitrogen and oxygen atoms in total. The van der Waals surface area contributed by atoms with Crippen molar-refractivity contribution in [1.82, 2.24) is 0 Å². The minimum atomic E-state index is -1.03. The van der Waals surface area contributed by atoms with Crippen molar-refractivity contribution in [3.63, 3.8) is 0 Å². The number of carbonyl (C=O) groups is 1. The first-order chi connectivity index (χ1) is 10.7. The molecule has 0 amide bonds. The Balaban J connectivity index is 1.80. The molecule has 0 aliphatic carbocycles. The maximum absolute atomic E-state index is 11.1. The average molecular weight is 291 g/mol. The molecule has 0 spiro atoms. The van der Waals surface area contributed by atoms with Crippen LogP contribution in [-0.2, 0) is 0 Å². The van der Waals surface area contributed by atoms with Crippen LogP contribution in [0.4, 0.5) is 11.4 Å². The monoisotopic (exact) mass is 291 g/mol. The molecule has 0 aliphatic rings. The zero-order chi connectivity index (χ0) is 15.4. The fraction of sp³-hybridized carbons (Fsp3) is 0. The Labute approximate surface area is 126 Å². The van der Waals surface area contributed by atoms with Crippen LogP contribution in [0.5, 0.6) is 0 Å². The van der Waals surface area contributed by atoms with Gasteiger partial charge in [-0.1, -0.05) is 47.7 Å². The van der Waals surface area contributed by atoms with E-state index in [0.29, 0.717) is 5.69 Å². The van der Waals surface area contributed by atoms with Crippen molar-refractivity contribution in [1.29, 1.82) is 0 Å². The predicted octanol–water partition coefficient (Wildman–Crippen LogP) is 4.65. The van der Waals surface area contributed by atoms with E-state index in [1.807, 2.05) is 42.5 Å². The summed E-state index contributed by atoms with van der Waals surface area (Å²) in [5.41, 5.74) is 4.03. The third kappa shape index (κ3) is 2.93. The molecule has 3 rings (SSSR count). The number of nitrogens with zero attached hydrogens (tertiary/aromatic N) is 2. The van der Waals surface area contributed by atoms with E-state index in [4.69, 9.17) is 5.11 Å². The van der Waals surface area contributed by atoms with E-state index in [1.165, 1.54) is 6.07 Å². The summed E-state index contributed by atoms with van der Waals surface area (Å²) in [5.74, 6) is -1.03. The van der Waals surface area contributed by atoms with E-state index < -0.39 is 5.97 Å². The van der Waals surface area contributed by atoms with Gasteiger partial charge in [-0.05, 0) is 35.0 Å². The molecule has 0 saturated heterocycles. The third-order valence-corrected chi connectivity index (χ3v) is 3.22. The van der Waals surface area contributed by atoms with E-state index in [1.54, 1.807) is 18.2 Å². The van der Waals surface area contributed by atoms with Gasteiger partial charge >= 0.3 is 5.97 Å². The molecule has 0 unspecified atom stereocenters. The lowest BCUT2D eigenvalue weighted by Crippen LogP contribution is -1.96. The number of rotatable bonds is 4. The Morgan fingerprint density at radius 3 is 2.45 bits per heavy atom. The number of hydrogen-bond donors (Lipinski definition) is 2. The van der Waals surface area contributed by atoms with Crippen molar-refractivity contribution in [2.24, 2.45) is 10.3 Å². The van der Waals surface area contributed by atoms with Crippen molar-refractivity contribution < 1.29 is 9.90 Å². The first kappa shape index (κ1) is 13.8. The standard InChI is InChI=1S/C17H13N3O2/c21-17(22)15-7-3-4-8-16(15)19-20-18-14-10-9-12-5-1-2-6-13(12)11-14/h1-11H,(H,18,19)(H,21,22). The Bertz CT molecular complexity index is 859. The van der Waals surface area contributed by atoms with Crippen molar-refractivity contribution in [3.8, 4) is 0 Å². The topological polar surface area (TPSA) is 74.0 Å². The minimum absolute atomic E-state index is 0.117. The van der Waals surface area contributed by atoms with Gasteiger partial charge in [0.05, 0.1) is 11.3 Å². The van der Waals surface area contributed by atoms with Crippen molar-refractivity contribution in [2.45, 2.75) is 0 Å². The second kappa shape index (κ2) is 6.05. The molecule has 0 fully saturated rings. The smallest absolute Gasteiger partial charge is 0.337 e. The van der Waals surface area contributed by atoms with E-state index in [2.05, 4.69) is 15.8 Å². The summed E-state index contributed by atoms with van der Waals surface area (Å²) in [5, 5.41) is 19.1. The molecule has 2 N–H and O–H groups in total. The van der Waals surface area contributed by atoms with Crippen LogP contribution in [-0.4, -0.2) is 11.1 Å². The van der Waals surface area contributed by atoms with E-state index in [9.17, 15) is 4.79 Å². The van der Waals surface area contributed by atoms with Gasteiger partial charge < -0.3 is 5.11 Å². The fourth-order valence-corrected chi connectivity index (χ4v) is 2.14. The molecule has 0 atom stereocenters. The first-order valence-electron chi connectivity index (χ1n) is 6.72. The molecule has 0 saturated carbocycles. The van der Waals surface area contributed by atoms with Crippen LogP contribution < -0.4 is 5.43 Å². The van der Waals surface area contributed by atoms with E-state index >= 15 is 0 Å². The summed E-state index contributed by atoms with van der Waals surface area (Å²) in [7, 11) is 0. The van der Waals surface area contributed by atoms with Gasteiger partial charge in [0.15, 0.2) is 0 Å². The van der Waals surface area contributed by atoms with E-state index in [-0.39, 0.29) is 5.56 Å². The van der Waals surface area contributed by atoms with E-state index in [0.717, 1.165) is 16.5 Å². The Morgan fingerprint density at radius 2 is 1.64 bits per heavy atom. The van der Waals surface area contributed by atoms with Gasteiger partial charge in [0, 0.05) is 0 Å². The summed E-state index contributed by atoms with van der Waals surface area (Å²) >= 11 is 0. The highest BCUT2D eigenvalue weighted by molar-refractivity contribution is 5.93. The summed E-state index contributed by atoms with van der Waals surface area (Å²) in [6.07, 6.45) is 0. The second-order valence-electron chi connectivity index (χ2n) is 4.70. The summed E-state index contributed by atoms with van der Waals surface area (Å²) in [4.78, 5) is 11.1. The highest BCUT2D eigenvalue weighted by atomic mass is 16.4. The molecule has 0 radical (unpaired) electrons. The fourth-order valence-electron chi connectivity index (χ4n) is 2.14. The third-order valence-electron chi connectivity index (χ3n) is 3.22. The quantitative estimate of drug-likeness (QED) is 0.542. The number of nitrogens with one attached hydrogen (secondary N) is 1. The molecule has 3 aromatic rings. The SMILES string of the molecule is O=C(O)c1ccccc1N=NNc1ccc2ccccc2c1. The number of fused-ring (bicyclic) bond motifs is 1. The van der Waals surface area contributed by atoms with Gasteiger partial charge in [0.25, 0.3) is 0 Å². The molecule has 22 heavy (non-hydrogen) atoms. The predicted molar refractivity (Wildman–Crippen MR) is 85.5 cm³/mol. The van der Waals surface area contributed by atoms with Gasteiger partial charge in [-0.15, -0.1) is 5.11 Å². The van der Waals surface area contributed by atoms with Gasteiger partial charge in [-0.3, -0.25) is 5.43 Å². The van der Waals surface area contributed by atoms with Crippen LogP contribution in [0.1, 0.15) is 10.4 Å². The molecular weight excluding hydrogens is 278 g/mol. The van der Waals surface area contributed by atoms with Crippen LogP contribution in [0.3, 0.4) is 0 Å². The Hall–Kier alpha value is -3.21. The van der Waals surface area contributed by atoms with Crippen LogP contribution in [0.15, 0.2) is 77.1 Å². The lowest BCUT2D eigenvalue weighted by Gasteiger charge is -2.02. The number of carboxylic acid groups (broad SMARTS) is 1. The summed E-state index contributed by atoms with van der Waals surface area (Å²) in [6.45, 7) is 0. The van der Waals surface area contributed by atoms with Crippen LogP contribution in [0, 0.1) is 0 Å². The van der Waals surface area contributed by atoms with Crippen molar-refractivity contribution in [3.05, 3.63) is 72.3 Å². The van der Waals surface area contributed by atoms with Crippen molar-refractivity contribution in [2.75, 3.05) is 5.43 Å². The van der Waals surface area contributed by atoms with Gasteiger partial charge in [0.2, 0.25) is 0 Å². The van der Waals surface area contributed by atoms with Crippen molar-refractivity contribution >= 4 is 28.1 Å². The number of benzene rings is 3. The van der Waals surface area contributed by atoms with Gasteiger partial charge in [0.1, 0.15) is 5.69 Å². The van der Waals surface area contributed by atoms with Crippen LogP contribution in [0.25, 0.3) is 10.8 Å². The van der Waals surface area contributed by atoms with Crippen LogP contribution in [0.2, 0.25) is 0 Å². The minimum Gasteiger partial charge on any atom is -0.478 e. The molecule has 0 aliphatic heterocycles.